The summed E-state index contributed by atoms with van der Waals surface area (Å²) >= 11 is 0. The van der Waals surface area contributed by atoms with Crippen LogP contribution in [0.4, 0.5) is 10.5 Å². The summed E-state index contributed by atoms with van der Waals surface area (Å²) in [5.41, 5.74) is 4.97. The molecule has 0 unspecified atom stereocenters. The summed E-state index contributed by atoms with van der Waals surface area (Å²) in [7, 11) is 0. The minimum Gasteiger partial charge on any atom is -0.445 e. The van der Waals surface area contributed by atoms with Gasteiger partial charge in [-0.05, 0) is 47.6 Å². The maximum atomic E-state index is 12.9. The van der Waals surface area contributed by atoms with E-state index in [1.54, 1.807) is 0 Å². The SMILES string of the molecule is O=C(OCc1ccccc1)N1CC[C@H]2C[C@@H]1c1cc(N3CCN(CCO)CC3)ccc12. The van der Waals surface area contributed by atoms with E-state index in [-0.39, 0.29) is 18.7 Å². The zero-order valence-electron chi connectivity index (χ0n) is 17.9. The number of nitrogens with zero attached hydrogens (tertiary/aromatic N) is 3. The second-order valence-electron chi connectivity index (χ2n) is 8.84. The number of hydrogen-bond acceptors (Lipinski definition) is 5. The summed E-state index contributed by atoms with van der Waals surface area (Å²) in [6.45, 7) is 5.93. The molecule has 0 aromatic heterocycles. The first kappa shape index (κ1) is 20.3. The van der Waals surface area contributed by atoms with Crippen LogP contribution in [0.3, 0.4) is 0 Å². The Hall–Kier alpha value is -2.57. The average Bonchev–Trinajstić information content (AvgIpc) is 3.10. The molecule has 0 radical (unpaired) electrons. The third-order valence-electron chi connectivity index (χ3n) is 7.06. The molecule has 2 atom stereocenters. The van der Waals surface area contributed by atoms with Gasteiger partial charge in [-0.1, -0.05) is 36.4 Å². The predicted octanol–water partition coefficient (Wildman–Crippen LogP) is 3.37. The van der Waals surface area contributed by atoms with Gasteiger partial charge in [0.1, 0.15) is 6.61 Å². The van der Waals surface area contributed by atoms with Crippen molar-refractivity contribution in [2.75, 3.05) is 50.8 Å². The van der Waals surface area contributed by atoms with Gasteiger partial charge in [0, 0.05) is 45.0 Å². The number of fused-ring (bicyclic) bond motifs is 5. The molecule has 1 aliphatic carbocycles. The summed E-state index contributed by atoms with van der Waals surface area (Å²) in [5.74, 6) is 0.550. The van der Waals surface area contributed by atoms with Gasteiger partial charge >= 0.3 is 6.09 Å². The Labute approximate surface area is 184 Å². The Bertz CT molecular complexity index is 911. The lowest BCUT2D eigenvalue weighted by Crippen LogP contribution is -2.47. The molecule has 2 saturated heterocycles. The molecule has 1 amide bonds. The summed E-state index contributed by atoms with van der Waals surface area (Å²) in [4.78, 5) is 19.6. The number of likely N-dealkylation sites (tertiary alicyclic amines) is 1. The van der Waals surface area contributed by atoms with Gasteiger partial charge in [0.2, 0.25) is 0 Å². The highest BCUT2D eigenvalue weighted by Crippen LogP contribution is 2.50. The van der Waals surface area contributed by atoms with Crippen LogP contribution in [0.25, 0.3) is 0 Å². The minimum atomic E-state index is -0.205. The van der Waals surface area contributed by atoms with Crippen LogP contribution < -0.4 is 4.90 Å². The average molecular weight is 422 g/mol. The molecule has 0 spiro atoms. The number of anilines is 1. The van der Waals surface area contributed by atoms with Gasteiger partial charge in [-0.3, -0.25) is 4.90 Å². The third kappa shape index (κ3) is 4.14. The van der Waals surface area contributed by atoms with Gasteiger partial charge in [-0.25, -0.2) is 4.79 Å². The smallest absolute Gasteiger partial charge is 0.410 e. The van der Waals surface area contributed by atoms with E-state index in [1.165, 1.54) is 16.8 Å². The normalized spacial score (nSPS) is 23.0. The van der Waals surface area contributed by atoms with Crippen molar-refractivity contribution in [2.45, 2.75) is 31.4 Å². The van der Waals surface area contributed by atoms with E-state index in [0.29, 0.717) is 12.5 Å². The van der Waals surface area contributed by atoms with Gasteiger partial charge in [-0.2, -0.15) is 0 Å². The number of aliphatic hydroxyl groups excluding tert-OH is 1. The summed E-state index contributed by atoms with van der Waals surface area (Å²) in [6.07, 6.45) is 1.80. The van der Waals surface area contributed by atoms with E-state index in [1.807, 2.05) is 35.2 Å². The molecule has 31 heavy (non-hydrogen) atoms. The Morgan fingerprint density at radius 1 is 1.00 bits per heavy atom. The number of aliphatic hydroxyl groups is 1. The van der Waals surface area contributed by atoms with Gasteiger partial charge in [0.05, 0.1) is 12.6 Å². The molecule has 6 heteroatoms. The maximum Gasteiger partial charge on any atom is 0.410 e. The van der Waals surface area contributed by atoms with Crippen molar-refractivity contribution in [2.24, 2.45) is 0 Å². The lowest BCUT2D eigenvalue weighted by atomic mass is 9.96. The molecule has 2 aromatic rings. The van der Waals surface area contributed by atoms with Crippen LogP contribution in [-0.4, -0.2) is 66.9 Å². The first-order valence-corrected chi connectivity index (χ1v) is 11.4. The van der Waals surface area contributed by atoms with E-state index in [4.69, 9.17) is 9.84 Å². The fourth-order valence-electron chi connectivity index (χ4n) is 5.35. The number of piperidine rings is 1. The molecule has 2 bridgehead atoms. The number of carbonyl (C=O) groups excluding carboxylic acids is 1. The second kappa shape index (κ2) is 8.89. The number of rotatable bonds is 5. The minimum absolute atomic E-state index is 0.118. The van der Waals surface area contributed by atoms with Gasteiger partial charge < -0.3 is 19.6 Å². The first-order valence-electron chi connectivity index (χ1n) is 11.4. The van der Waals surface area contributed by atoms with Crippen molar-refractivity contribution >= 4 is 11.8 Å². The lowest BCUT2D eigenvalue weighted by Gasteiger charge is -2.36. The van der Waals surface area contributed by atoms with Crippen molar-refractivity contribution in [1.29, 1.82) is 0 Å². The number of piperazine rings is 1. The van der Waals surface area contributed by atoms with Crippen LogP contribution >= 0.6 is 0 Å². The number of hydrogen-bond donors (Lipinski definition) is 1. The van der Waals surface area contributed by atoms with E-state index in [9.17, 15) is 4.79 Å². The van der Waals surface area contributed by atoms with Crippen LogP contribution in [0.1, 0.15) is 41.5 Å². The zero-order valence-corrected chi connectivity index (χ0v) is 17.9. The van der Waals surface area contributed by atoms with Crippen molar-refractivity contribution in [3.63, 3.8) is 0 Å². The van der Waals surface area contributed by atoms with Gasteiger partial charge in [0.25, 0.3) is 0 Å². The second-order valence-corrected chi connectivity index (χ2v) is 8.84. The van der Waals surface area contributed by atoms with Crippen molar-refractivity contribution < 1.29 is 14.6 Å². The first-order chi connectivity index (χ1) is 15.2. The van der Waals surface area contributed by atoms with E-state index < -0.39 is 0 Å². The summed E-state index contributed by atoms with van der Waals surface area (Å²) in [5, 5.41) is 9.17. The fourth-order valence-corrected chi connectivity index (χ4v) is 5.35. The molecular weight excluding hydrogens is 390 g/mol. The van der Waals surface area contributed by atoms with Crippen molar-refractivity contribution in [3.8, 4) is 0 Å². The largest absolute Gasteiger partial charge is 0.445 e. The number of β-amino-alcohol motifs (C(OH)–C–C–N with tert-alkyl or cyclic N) is 1. The Kier molecular flexibility index (Phi) is 5.83. The quantitative estimate of drug-likeness (QED) is 0.802. The van der Waals surface area contributed by atoms with Crippen LogP contribution in [0.15, 0.2) is 48.5 Å². The summed E-state index contributed by atoms with van der Waals surface area (Å²) in [6, 6.07) is 16.8. The van der Waals surface area contributed by atoms with Crippen molar-refractivity contribution in [1.82, 2.24) is 9.80 Å². The van der Waals surface area contributed by atoms with Gasteiger partial charge in [-0.15, -0.1) is 0 Å². The maximum absolute atomic E-state index is 12.9. The molecule has 2 aromatic carbocycles. The monoisotopic (exact) mass is 421 g/mol. The highest BCUT2D eigenvalue weighted by molar-refractivity contribution is 5.70. The molecule has 1 N–H and O–H groups in total. The topological polar surface area (TPSA) is 56.2 Å². The standard InChI is InChI=1S/C25H31N3O3/c29-15-14-26-10-12-27(13-11-26)21-6-7-22-20-8-9-28(24(16-20)23(22)17-21)25(30)31-18-19-4-2-1-3-5-19/h1-7,17,20,24,29H,8-16,18H2/t20-,24+/m0/s1. The molecule has 2 heterocycles. The van der Waals surface area contributed by atoms with Crippen LogP contribution in [-0.2, 0) is 11.3 Å². The number of benzene rings is 2. The molecule has 164 valence electrons. The lowest BCUT2D eigenvalue weighted by molar-refractivity contribution is 0.0694. The molecule has 3 aliphatic rings. The van der Waals surface area contributed by atoms with E-state index in [2.05, 4.69) is 28.0 Å². The Balaban J connectivity index is 1.28. The van der Waals surface area contributed by atoms with Crippen LogP contribution in [0, 0.1) is 0 Å². The molecule has 6 nitrogen and oxygen atoms in total. The number of ether oxygens (including phenoxy) is 1. The molecule has 2 fully saturated rings. The van der Waals surface area contributed by atoms with Gasteiger partial charge in [0.15, 0.2) is 0 Å². The Morgan fingerprint density at radius 3 is 2.58 bits per heavy atom. The van der Waals surface area contributed by atoms with Crippen LogP contribution in [0.5, 0.6) is 0 Å². The van der Waals surface area contributed by atoms with E-state index in [0.717, 1.165) is 57.7 Å². The highest BCUT2D eigenvalue weighted by Gasteiger charge is 2.41. The number of carbonyl (C=O) groups is 1. The van der Waals surface area contributed by atoms with E-state index >= 15 is 0 Å². The van der Waals surface area contributed by atoms with Crippen LogP contribution in [0.2, 0.25) is 0 Å². The molecule has 5 rings (SSSR count). The van der Waals surface area contributed by atoms with Crippen molar-refractivity contribution in [3.05, 3.63) is 65.2 Å². The molecule has 2 aliphatic heterocycles. The predicted molar refractivity (Wildman–Crippen MR) is 120 cm³/mol. The molecule has 0 saturated carbocycles. The summed E-state index contributed by atoms with van der Waals surface area (Å²) < 4.78 is 5.67. The third-order valence-corrected chi connectivity index (χ3v) is 7.06. The number of amides is 1. The fraction of sp³-hybridized carbons (Fsp3) is 0.480. The zero-order chi connectivity index (χ0) is 21.2. The molecular formula is C25H31N3O3. The highest BCUT2D eigenvalue weighted by atomic mass is 16.6. The Morgan fingerprint density at radius 2 is 1.81 bits per heavy atom.